The van der Waals surface area contributed by atoms with Gasteiger partial charge in [-0.25, -0.2) is 0 Å². The Balaban J connectivity index is 2.13. The molecule has 0 saturated carbocycles. The van der Waals surface area contributed by atoms with Gasteiger partial charge in [-0.1, -0.05) is 33.6 Å². The number of benzene rings is 2. The smallest absolute Gasteiger partial charge is 0.197 e. The van der Waals surface area contributed by atoms with Crippen molar-refractivity contribution in [2.24, 2.45) is 0 Å². The molecule has 5 heteroatoms. The maximum atomic E-state index is 12.6. The molecule has 1 aromatic heterocycles. The van der Waals surface area contributed by atoms with Crippen molar-refractivity contribution >= 4 is 49.9 Å². The second-order valence-electron chi connectivity index (χ2n) is 4.45. The monoisotopic (exact) mass is 348 g/mol. The van der Waals surface area contributed by atoms with Crippen LogP contribution in [0.5, 0.6) is 0 Å². The number of fused-ring (bicyclic) bond motifs is 1. The summed E-state index contributed by atoms with van der Waals surface area (Å²) in [6.07, 6.45) is 1.70. The second-order valence-corrected chi connectivity index (χ2v) is 5.81. The Kier molecular flexibility index (Phi) is 3.28. The Bertz CT molecular complexity index is 826. The van der Waals surface area contributed by atoms with Crippen LogP contribution in [-0.2, 0) is 0 Å². The normalized spacial score (nSPS) is 10.9. The first-order valence-electron chi connectivity index (χ1n) is 5.92. The molecule has 1 heterocycles. The number of aromatic nitrogens is 1. The van der Waals surface area contributed by atoms with Gasteiger partial charge in [0.25, 0.3) is 0 Å². The van der Waals surface area contributed by atoms with E-state index in [1.165, 1.54) is 0 Å². The zero-order chi connectivity index (χ0) is 14.3. The van der Waals surface area contributed by atoms with Crippen molar-refractivity contribution in [2.75, 3.05) is 5.73 Å². The van der Waals surface area contributed by atoms with Crippen molar-refractivity contribution in [3.05, 3.63) is 63.2 Å². The summed E-state index contributed by atoms with van der Waals surface area (Å²) in [6.45, 7) is 0. The molecule has 2 aromatic carbocycles. The maximum absolute atomic E-state index is 12.6. The van der Waals surface area contributed by atoms with Crippen LogP contribution in [0.1, 0.15) is 15.9 Å². The zero-order valence-electron chi connectivity index (χ0n) is 10.3. The summed E-state index contributed by atoms with van der Waals surface area (Å²) in [7, 11) is 0. The van der Waals surface area contributed by atoms with Crippen molar-refractivity contribution in [3.63, 3.8) is 0 Å². The number of rotatable bonds is 2. The molecule has 0 aliphatic heterocycles. The van der Waals surface area contributed by atoms with Crippen LogP contribution in [-0.4, -0.2) is 10.8 Å². The molecule has 100 valence electrons. The van der Waals surface area contributed by atoms with Crippen molar-refractivity contribution in [2.45, 2.75) is 0 Å². The van der Waals surface area contributed by atoms with Gasteiger partial charge < -0.3 is 10.7 Å². The lowest BCUT2D eigenvalue weighted by Gasteiger charge is -2.04. The number of halogens is 2. The fraction of sp³-hybridized carbons (Fsp3) is 0. The predicted molar refractivity (Wildman–Crippen MR) is 85.3 cm³/mol. The van der Waals surface area contributed by atoms with Gasteiger partial charge in [-0.05, 0) is 30.3 Å². The first-order valence-corrected chi connectivity index (χ1v) is 7.10. The molecule has 3 aromatic rings. The largest absolute Gasteiger partial charge is 0.398 e. The topological polar surface area (TPSA) is 58.9 Å². The molecule has 3 rings (SSSR count). The van der Waals surface area contributed by atoms with E-state index in [4.69, 9.17) is 17.3 Å². The van der Waals surface area contributed by atoms with E-state index in [1.807, 2.05) is 18.2 Å². The van der Waals surface area contributed by atoms with E-state index in [-0.39, 0.29) is 5.78 Å². The molecule has 0 radical (unpaired) electrons. The highest BCUT2D eigenvalue weighted by molar-refractivity contribution is 9.10. The standard InChI is InChI=1S/C15H10BrClN2O/c16-8-1-3-10-12(7-19-14(10)5-8)15(20)11-4-2-9(17)6-13(11)18/h1-7,19H,18H2. The SMILES string of the molecule is Nc1cc(Cl)ccc1C(=O)c1c[nH]c2cc(Br)ccc12. The van der Waals surface area contributed by atoms with E-state index in [0.29, 0.717) is 21.8 Å². The molecule has 0 bridgehead atoms. The van der Waals surface area contributed by atoms with Crippen molar-refractivity contribution in [3.8, 4) is 0 Å². The summed E-state index contributed by atoms with van der Waals surface area (Å²) in [6, 6.07) is 10.6. The molecule has 0 amide bonds. The Hall–Kier alpha value is -1.78. The van der Waals surface area contributed by atoms with Crippen molar-refractivity contribution < 1.29 is 4.79 Å². The van der Waals surface area contributed by atoms with E-state index < -0.39 is 0 Å². The van der Waals surface area contributed by atoms with E-state index in [0.717, 1.165) is 15.4 Å². The Labute approximate surface area is 128 Å². The Morgan fingerprint density at radius 1 is 1.15 bits per heavy atom. The molecule has 0 fully saturated rings. The highest BCUT2D eigenvalue weighted by Crippen LogP contribution is 2.27. The Morgan fingerprint density at radius 3 is 2.70 bits per heavy atom. The molecule has 3 N–H and O–H groups in total. The van der Waals surface area contributed by atoms with Gasteiger partial charge in [0.2, 0.25) is 0 Å². The predicted octanol–water partition coefficient (Wildman–Crippen LogP) is 4.40. The minimum absolute atomic E-state index is 0.118. The van der Waals surface area contributed by atoms with Crippen LogP contribution in [0, 0.1) is 0 Å². The number of H-pyrrole nitrogens is 1. The number of ketones is 1. The number of nitrogen functional groups attached to an aromatic ring is 1. The number of anilines is 1. The van der Waals surface area contributed by atoms with Crippen LogP contribution in [0.15, 0.2) is 47.1 Å². The summed E-state index contributed by atoms with van der Waals surface area (Å²) >= 11 is 9.26. The lowest BCUT2D eigenvalue weighted by atomic mass is 10.0. The molecule has 0 unspecified atom stereocenters. The van der Waals surface area contributed by atoms with E-state index in [9.17, 15) is 4.79 Å². The van der Waals surface area contributed by atoms with Gasteiger partial charge in [0, 0.05) is 43.4 Å². The van der Waals surface area contributed by atoms with Crippen LogP contribution in [0.3, 0.4) is 0 Å². The lowest BCUT2D eigenvalue weighted by Crippen LogP contribution is -2.04. The van der Waals surface area contributed by atoms with Gasteiger partial charge in [0.15, 0.2) is 5.78 Å². The average Bonchev–Trinajstić information content (AvgIpc) is 2.80. The van der Waals surface area contributed by atoms with Gasteiger partial charge in [-0.2, -0.15) is 0 Å². The molecule has 0 aliphatic carbocycles. The molecule has 3 nitrogen and oxygen atoms in total. The molecule has 0 saturated heterocycles. The number of carbonyl (C=O) groups is 1. The van der Waals surface area contributed by atoms with Gasteiger partial charge in [-0.3, -0.25) is 4.79 Å². The minimum Gasteiger partial charge on any atom is -0.398 e. The molecular weight excluding hydrogens is 340 g/mol. The van der Waals surface area contributed by atoms with Crippen LogP contribution < -0.4 is 5.73 Å². The third-order valence-electron chi connectivity index (χ3n) is 3.15. The van der Waals surface area contributed by atoms with Crippen LogP contribution in [0.2, 0.25) is 5.02 Å². The number of aromatic amines is 1. The fourth-order valence-corrected chi connectivity index (χ4v) is 2.71. The zero-order valence-corrected chi connectivity index (χ0v) is 12.6. The highest BCUT2D eigenvalue weighted by Gasteiger charge is 2.16. The summed E-state index contributed by atoms with van der Waals surface area (Å²) in [5.74, 6) is -0.118. The number of hydrogen-bond acceptors (Lipinski definition) is 2. The van der Waals surface area contributed by atoms with Crippen molar-refractivity contribution in [1.82, 2.24) is 4.98 Å². The van der Waals surface area contributed by atoms with Crippen LogP contribution in [0.25, 0.3) is 10.9 Å². The van der Waals surface area contributed by atoms with Gasteiger partial charge in [-0.15, -0.1) is 0 Å². The summed E-state index contributed by atoms with van der Waals surface area (Å²) in [4.78, 5) is 15.7. The third kappa shape index (κ3) is 2.21. The first kappa shape index (κ1) is 13.2. The summed E-state index contributed by atoms with van der Waals surface area (Å²) < 4.78 is 0.955. The molecular formula is C15H10BrClN2O. The minimum atomic E-state index is -0.118. The highest BCUT2D eigenvalue weighted by atomic mass is 79.9. The molecule has 0 atom stereocenters. The number of nitrogens with two attached hydrogens (primary N) is 1. The lowest BCUT2D eigenvalue weighted by molar-refractivity contribution is 0.104. The Morgan fingerprint density at radius 2 is 1.95 bits per heavy atom. The third-order valence-corrected chi connectivity index (χ3v) is 3.88. The second kappa shape index (κ2) is 4.96. The van der Waals surface area contributed by atoms with Crippen LogP contribution in [0.4, 0.5) is 5.69 Å². The average molecular weight is 350 g/mol. The summed E-state index contributed by atoms with van der Waals surface area (Å²) in [5.41, 5.74) is 8.21. The number of carbonyl (C=O) groups excluding carboxylic acids is 1. The molecule has 0 aliphatic rings. The molecule has 20 heavy (non-hydrogen) atoms. The first-order chi connectivity index (χ1) is 9.56. The van der Waals surface area contributed by atoms with E-state index in [2.05, 4.69) is 20.9 Å². The van der Waals surface area contributed by atoms with Gasteiger partial charge in [0.05, 0.1) is 0 Å². The van der Waals surface area contributed by atoms with Gasteiger partial charge in [0.1, 0.15) is 0 Å². The van der Waals surface area contributed by atoms with Crippen LogP contribution >= 0.6 is 27.5 Å². The van der Waals surface area contributed by atoms with Crippen molar-refractivity contribution in [1.29, 1.82) is 0 Å². The maximum Gasteiger partial charge on any atom is 0.197 e. The van der Waals surface area contributed by atoms with Gasteiger partial charge >= 0.3 is 0 Å². The van der Waals surface area contributed by atoms with E-state index in [1.54, 1.807) is 24.4 Å². The quantitative estimate of drug-likeness (QED) is 0.532. The number of hydrogen-bond donors (Lipinski definition) is 2. The fourth-order valence-electron chi connectivity index (χ4n) is 2.17. The summed E-state index contributed by atoms with van der Waals surface area (Å²) in [5, 5.41) is 1.38. The van der Waals surface area contributed by atoms with E-state index >= 15 is 0 Å². The number of nitrogens with one attached hydrogen (secondary N) is 1. The molecule has 0 spiro atoms.